The monoisotopic (exact) mass is 305 g/mol. The standard InChI is InChI=1S/C18H27NO3/c1-3-6-16(18(21)22)13-19-17(20)8-5-4-7-15-11-9-14(2)10-12-15/h9-12,16H,3-8,13H2,1-2H3,(H,19,20)(H,21,22). The number of hydrogen-bond donors (Lipinski definition) is 2. The second-order valence-corrected chi connectivity index (χ2v) is 5.82. The van der Waals surface area contributed by atoms with Crippen LogP contribution >= 0.6 is 0 Å². The van der Waals surface area contributed by atoms with Crippen molar-refractivity contribution in [3.63, 3.8) is 0 Å². The molecule has 1 amide bonds. The maximum absolute atomic E-state index is 11.7. The van der Waals surface area contributed by atoms with Crippen molar-refractivity contribution in [2.24, 2.45) is 5.92 Å². The number of carbonyl (C=O) groups excluding carboxylic acids is 1. The summed E-state index contributed by atoms with van der Waals surface area (Å²) in [7, 11) is 0. The molecule has 1 unspecified atom stereocenters. The first kappa shape index (κ1) is 18.2. The quantitative estimate of drug-likeness (QED) is 0.652. The van der Waals surface area contributed by atoms with Gasteiger partial charge < -0.3 is 10.4 Å². The summed E-state index contributed by atoms with van der Waals surface area (Å²) in [6.45, 7) is 4.25. The summed E-state index contributed by atoms with van der Waals surface area (Å²) < 4.78 is 0. The first-order valence-electron chi connectivity index (χ1n) is 8.08. The maximum atomic E-state index is 11.7. The molecule has 0 saturated heterocycles. The van der Waals surface area contributed by atoms with Crippen molar-refractivity contribution < 1.29 is 14.7 Å². The Bertz CT molecular complexity index is 468. The molecular weight excluding hydrogens is 278 g/mol. The SMILES string of the molecule is CCCC(CNC(=O)CCCCc1ccc(C)cc1)C(=O)O. The molecule has 0 fully saturated rings. The van der Waals surface area contributed by atoms with Crippen LogP contribution in [0.5, 0.6) is 0 Å². The van der Waals surface area contributed by atoms with Gasteiger partial charge in [0.15, 0.2) is 0 Å². The van der Waals surface area contributed by atoms with E-state index in [0.29, 0.717) is 12.8 Å². The number of carbonyl (C=O) groups is 2. The van der Waals surface area contributed by atoms with Crippen molar-refractivity contribution in [1.82, 2.24) is 5.32 Å². The van der Waals surface area contributed by atoms with Gasteiger partial charge in [-0.2, -0.15) is 0 Å². The minimum Gasteiger partial charge on any atom is -0.481 e. The first-order chi connectivity index (χ1) is 10.5. The Balaban J connectivity index is 2.17. The van der Waals surface area contributed by atoms with Gasteiger partial charge in [0.1, 0.15) is 0 Å². The molecule has 22 heavy (non-hydrogen) atoms. The van der Waals surface area contributed by atoms with Crippen molar-refractivity contribution in [3.05, 3.63) is 35.4 Å². The maximum Gasteiger partial charge on any atom is 0.308 e. The fourth-order valence-electron chi connectivity index (χ4n) is 2.36. The Kier molecular flexibility index (Phi) is 8.26. The zero-order valence-corrected chi connectivity index (χ0v) is 13.6. The Morgan fingerprint density at radius 3 is 2.45 bits per heavy atom. The van der Waals surface area contributed by atoms with Gasteiger partial charge in [0.2, 0.25) is 5.91 Å². The molecule has 0 aliphatic heterocycles. The molecule has 4 heteroatoms. The third kappa shape index (κ3) is 7.25. The number of amides is 1. The number of nitrogens with one attached hydrogen (secondary N) is 1. The second kappa shape index (κ2) is 9.98. The highest BCUT2D eigenvalue weighted by Gasteiger charge is 2.16. The molecule has 4 nitrogen and oxygen atoms in total. The average Bonchev–Trinajstić information content (AvgIpc) is 2.49. The Morgan fingerprint density at radius 2 is 1.86 bits per heavy atom. The van der Waals surface area contributed by atoms with Crippen LogP contribution in [0.25, 0.3) is 0 Å². The zero-order valence-electron chi connectivity index (χ0n) is 13.6. The number of benzene rings is 1. The van der Waals surface area contributed by atoms with E-state index in [2.05, 4.69) is 36.5 Å². The largest absolute Gasteiger partial charge is 0.481 e. The molecular formula is C18H27NO3. The number of carboxylic acids is 1. The third-order valence-electron chi connectivity index (χ3n) is 3.77. The van der Waals surface area contributed by atoms with Gasteiger partial charge in [-0.25, -0.2) is 0 Å². The highest BCUT2D eigenvalue weighted by molar-refractivity contribution is 5.77. The lowest BCUT2D eigenvalue weighted by Crippen LogP contribution is -2.32. The number of unbranched alkanes of at least 4 members (excludes halogenated alkanes) is 1. The minimum absolute atomic E-state index is 0.0498. The van der Waals surface area contributed by atoms with E-state index in [9.17, 15) is 9.59 Å². The molecule has 1 atom stereocenters. The van der Waals surface area contributed by atoms with Gasteiger partial charge in [-0.15, -0.1) is 0 Å². The van der Waals surface area contributed by atoms with E-state index in [-0.39, 0.29) is 12.5 Å². The molecule has 0 aliphatic carbocycles. The summed E-state index contributed by atoms with van der Waals surface area (Å²) in [5.74, 6) is -1.35. The van der Waals surface area contributed by atoms with Crippen LogP contribution in [0.1, 0.15) is 50.2 Å². The van der Waals surface area contributed by atoms with Crippen LogP contribution in [-0.2, 0) is 16.0 Å². The van der Waals surface area contributed by atoms with Gasteiger partial charge in [-0.05, 0) is 38.2 Å². The van der Waals surface area contributed by atoms with E-state index >= 15 is 0 Å². The molecule has 0 aromatic heterocycles. The van der Waals surface area contributed by atoms with Crippen molar-refractivity contribution in [2.45, 2.75) is 52.4 Å². The van der Waals surface area contributed by atoms with E-state index in [1.807, 2.05) is 6.92 Å². The van der Waals surface area contributed by atoms with E-state index in [4.69, 9.17) is 5.11 Å². The lowest BCUT2D eigenvalue weighted by molar-refractivity contribution is -0.141. The van der Waals surface area contributed by atoms with E-state index in [1.54, 1.807) is 0 Å². The van der Waals surface area contributed by atoms with Gasteiger partial charge in [-0.3, -0.25) is 9.59 Å². The summed E-state index contributed by atoms with van der Waals surface area (Å²) in [6.07, 6.45) is 4.64. The van der Waals surface area contributed by atoms with E-state index in [0.717, 1.165) is 25.7 Å². The van der Waals surface area contributed by atoms with E-state index in [1.165, 1.54) is 11.1 Å². The van der Waals surface area contributed by atoms with Crippen molar-refractivity contribution >= 4 is 11.9 Å². The molecule has 122 valence electrons. The van der Waals surface area contributed by atoms with Crippen LogP contribution in [0.2, 0.25) is 0 Å². The second-order valence-electron chi connectivity index (χ2n) is 5.82. The fourth-order valence-corrected chi connectivity index (χ4v) is 2.36. The minimum atomic E-state index is -0.832. The summed E-state index contributed by atoms with van der Waals surface area (Å²) >= 11 is 0. The van der Waals surface area contributed by atoms with Gasteiger partial charge in [0.25, 0.3) is 0 Å². The molecule has 0 spiro atoms. The van der Waals surface area contributed by atoms with Crippen molar-refractivity contribution in [1.29, 1.82) is 0 Å². The van der Waals surface area contributed by atoms with Gasteiger partial charge in [0, 0.05) is 13.0 Å². The number of aliphatic carboxylic acids is 1. The highest BCUT2D eigenvalue weighted by Crippen LogP contribution is 2.09. The van der Waals surface area contributed by atoms with E-state index < -0.39 is 11.9 Å². The van der Waals surface area contributed by atoms with Crippen molar-refractivity contribution in [2.75, 3.05) is 6.54 Å². The zero-order chi connectivity index (χ0) is 16.4. The molecule has 0 aliphatic rings. The highest BCUT2D eigenvalue weighted by atomic mass is 16.4. The Hall–Kier alpha value is -1.84. The lowest BCUT2D eigenvalue weighted by Gasteiger charge is -2.12. The summed E-state index contributed by atoms with van der Waals surface area (Å²) in [5.41, 5.74) is 2.54. The number of carboxylic acid groups (broad SMARTS) is 1. The molecule has 1 aromatic rings. The van der Waals surface area contributed by atoms with Gasteiger partial charge >= 0.3 is 5.97 Å². The van der Waals surface area contributed by atoms with Gasteiger partial charge in [0.05, 0.1) is 5.92 Å². The number of rotatable bonds is 10. The van der Waals surface area contributed by atoms with Crippen LogP contribution in [0.15, 0.2) is 24.3 Å². The molecule has 0 bridgehead atoms. The normalized spacial score (nSPS) is 11.9. The molecule has 0 saturated carbocycles. The third-order valence-corrected chi connectivity index (χ3v) is 3.77. The van der Waals surface area contributed by atoms with Crippen LogP contribution < -0.4 is 5.32 Å². The summed E-state index contributed by atoms with van der Waals surface area (Å²) in [6, 6.07) is 8.44. The van der Waals surface area contributed by atoms with Crippen LogP contribution in [0.3, 0.4) is 0 Å². The topological polar surface area (TPSA) is 66.4 Å². The molecule has 1 rings (SSSR count). The smallest absolute Gasteiger partial charge is 0.308 e. The van der Waals surface area contributed by atoms with Crippen LogP contribution in [0, 0.1) is 12.8 Å². The Morgan fingerprint density at radius 1 is 1.18 bits per heavy atom. The first-order valence-corrected chi connectivity index (χ1v) is 8.08. The molecule has 0 heterocycles. The molecule has 2 N–H and O–H groups in total. The molecule has 1 aromatic carbocycles. The Labute approximate surface area is 132 Å². The predicted octanol–water partition coefficient (Wildman–Crippen LogP) is 3.32. The summed E-state index contributed by atoms with van der Waals surface area (Å²) in [4.78, 5) is 22.7. The summed E-state index contributed by atoms with van der Waals surface area (Å²) in [5, 5.41) is 11.8. The lowest BCUT2D eigenvalue weighted by atomic mass is 10.0. The number of hydrogen-bond acceptors (Lipinski definition) is 2. The average molecular weight is 305 g/mol. The fraction of sp³-hybridized carbons (Fsp3) is 0.556. The number of aryl methyl sites for hydroxylation is 2. The predicted molar refractivity (Wildman–Crippen MR) is 87.8 cm³/mol. The van der Waals surface area contributed by atoms with Crippen LogP contribution in [0.4, 0.5) is 0 Å². The van der Waals surface area contributed by atoms with Gasteiger partial charge in [-0.1, -0.05) is 43.2 Å². The molecule has 0 radical (unpaired) electrons. The van der Waals surface area contributed by atoms with Crippen LogP contribution in [-0.4, -0.2) is 23.5 Å². The van der Waals surface area contributed by atoms with Crippen molar-refractivity contribution in [3.8, 4) is 0 Å².